The molecule has 5 nitrogen and oxygen atoms in total. The van der Waals surface area contributed by atoms with Crippen LogP contribution in [0, 0.1) is 23.7 Å². The lowest BCUT2D eigenvalue weighted by molar-refractivity contribution is -0.132. The number of aliphatic imine (C=N–C) groups is 1. The maximum absolute atomic E-state index is 13.4. The molecule has 2 unspecified atom stereocenters. The van der Waals surface area contributed by atoms with Crippen LogP contribution < -0.4 is 5.73 Å². The third kappa shape index (κ3) is 4.31. The number of primary amides is 1. The van der Waals surface area contributed by atoms with Crippen molar-refractivity contribution < 1.29 is 9.59 Å². The molecule has 0 aromatic heterocycles. The number of carbonyl (C=O) groups is 2. The smallest absolute Gasteiger partial charge is 0.255 e. The van der Waals surface area contributed by atoms with E-state index in [1.807, 2.05) is 0 Å². The van der Waals surface area contributed by atoms with Gasteiger partial charge in [0.25, 0.3) is 5.91 Å². The molecule has 0 aromatic rings. The van der Waals surface area contributed by atoms with Crippen LogP contribution in [0.3, 0.4) is 0 Å². The summed E-state index contributed by atoms with van der Waals surface area (Å²) in [7, 11) is 0. The molecule has 30 heavy (non-hydrogen) atoms. The Morgan fingerprint density at radius 2 is 1.77 bits per heavy atom. The molecule has 168 valence electrons. The normalized spacial score (nSPS) is 33.8. The second-order valence-electron chi connectivity index (χ2n) is 10.5. The molecule has 3 aliphatic carbocycles. The Labute approximate surface area is 182 Å². The van der Waals surface area contributed by atoms with Crippen LogP contribution in [0.5, 0.6) is 0 Å². The van der Waals surface area contributed by atoms with E-state index in [-0.39, 0.29) is 11.8 Å². The number of hydrogen-bond donors (Lipinski definition) is 1. The van der Waals surface area contributed by atoms with Gasteiger partial charge in [0.2, 0.25) is 5.91 Å². The minimum absolute atomic E-state index is 0.0804. The summed E-state index contributed by atoms with van der Waals surface area (Å²) in [5, 5.41) is 0. The quantitative estimate of drug-likeness (QED) is 0.647. The first-order chi connectivity index (χ1) is 14.5. The molecule has 1 spiro atoms. The van der Waals surface area contributed by atoms with Crippen molar-refractivity contribution in [3.05, 3.63) is 0 Å². The van der Waals surface area contributed by atoms with Crippen molar-refractivity contribution in [3.63, 3.8) is 0 Å². The summed E-state index contributed by atoms with van der Waals surface area (Å²) >= 11 is 0. The summed E-state index contributed by atoms with van der Waals surface area (Å²) in [6, 6.07) is 0. The van der Waals surface area contributed by atoms with Crippen molar-refractivity contribution in [2.75, 3.05) is 6.54 Å². The van der Waals surface area contributed by atoms with E-state index < -0.39 is 5.54 Å². The van der Waals surface area contributed by atoms with E-state index >= 15 is 0 Å². The standard InChI is InChI=1S/C25H41N3O2/c1-2-3-10-22-27-25(15-6-7-16-25)24(30)28(22)17-18-11-13-19(14-12-18)20-8-4-5-9-21(20)23(26)29/h18-21H,2-17H2,1H3,(H2,26,29). The van der Waals surface area contributed by atoms with E-state index in [2.05, 4.69) is 11.8 Å². The Hall–Kier alpha value is -1.39. The lowest BCUT2D eigenvalue weighted by atomic mass is 9.66. The number of unbranched alkanes of at least 4 members (excludes halogenated alkanes) is 1. The van der Waals surface area contributed by atoms with Crippen LogP contribution in [-0.2, 0) is 9.59 Å². The Morgan fingerprint density at radius 1 is 1.07 bits per heavy atom. The van der Waals surface area contributed by atoms with Gasteiger partial charge in [-0.25, -0.2) is 0 Å². The lowest BCUT2D eigenvalue weighted by Gasteiger charge is -2.40. The summed E-state index contributed by atoms with van der Waals surface area (Å²) in [4.78, 5) is 32.5. The molecule has 4 aliphatic rings. The summed E-state index contributed by atoms with van der Waals surface area (Å²) < 4.78 is 0. The van der Waals surface area contributed by atoms with Crippen molar-refractivity contribution in [2.45, 2.75) is 109 Å². The highest BCUT2D eigenvalue weighted by Crippen LogP contribution is 2.44. The number of nitrogens with zero attached hydrogens (tertiary/aromatic N) is 2. The average Bonchev–Trinajstić information content (AvgIpc) is 3.33. The van der Waals surface area contributed by atoms with Crippen molar-refractivity contribution in [2.24, 2.45) is 34.4 Å². The Morgan fingerprint density at radius 3 is 2.43 bits per heavy atom. The summed E-state index contributed by atoms with van der Waals surface area (Å²) in [6.07, 6.45) is 16.6. The SMILES string of the molecule is CCCCC1=NC2(CCCC2)C(=O)N1CC1CCC(C2CCCCC2C(N)=O)CC1. The van der Waals surface area contributed by atoms with Gasteiger partial charge in [0, 0.05) is 18.9 Å². The highest BCUT2D eigenvalue weighted by Gasteiger charge is 2.49. The summed E-state index contributed by atoms with van der Waals surface area (Å²) in [5.74, 6) is 3.10. The minimum Gasteiger partial charge on any atom is -0.369 e. The molecule has 1 heterocycles. The fraction of sp³-hybridized carbons (Fsp3) is 0.880. The molecule has 1 aliphatic heterocycles. The van der Waals surface area contributed by atoms with Gasteiger partial charge in [-0.3, -0.25) is 19.5 Å². The van der Waals surface area contributed by atoms with E-state index in [9.17, 15) is 9.59 Å². The lowest BCUT2D eigenvalue weighted by Crippen LogP contribution is -2.44. The molecule has 0 bridgehead atoms. The molecule has 0 saturated heterocycles. The highest BCUT2D eigenvalue weighted by atomic mass is 16.2. The van der Waals surface area contributed by atoms with Gasteiger partial charge in [-0.05, 0) is 75.5 Å². The van der Waals surface area contributed by atoms with E-state index in [4.69, 9.17) is 10.7 Å². The van der Waals surface area contributed by atoms with Crippen molar-refractivity contribution in [3.8, 4) is 0 Å². The number of hydrogen-bond acceptors (Lipinski definition) is 3. The topological polar surface area (TPSA) is 75.8 Å². The van der Waals surface area contributed by atoms with Gasteiger partial charge in [-0.15, -0.1) is 0 Å². The first kappa shape index (κ1) is 21.8. The van der Waals surface area contributed by atoms with Crippen LogP contribution in [0.4, 0.5) is 0 Å². The van der Waals surface area contributed by atoms with Crippen LogP contribution in [0.25, 0.3) is 0 Å². The van der Waals surface area contributed by atoms with Crippen LogP contribution >= 0.6 is 0 Å². The highest BCUT2D eigenvalue weighted by molar-refractivity contribution is 6.08. The third-order valence-electron chi connectivity index (χ3n) is 8.61. The Kier molecular flexibility index (Phi) is 6.84. The van der Waals surface area contributed by atoms with Gasteiger partial charge in [-0.2, -0.15) is 0 Å². The van der Waals surface area contributed by atoms with Gasteiger partial charge in [0.1, 0.15) is 11.4 Å². The van der Waals surface area contributed by atoms with Gasteiger partial charge in [-0.1, -0.05) is 39.0 Å². The fourth-order valence-electron chi connectivity index (χ4n) is 6.86. The Bertz CT molecular complexity index is 659. The monoisotopic (exact) mass is 415 g/mol. The molecule has 2 atom stereocenters. The molecule has 0 aromatic carbocycles. The second-order valence-corrected chi connectivity index (χ2v) is 10.5. The molecule has 2 N–H and O–H groups in total. The van der Waals surface area contributed by atoms with Crippen LogP contribution in [0.2, 0.25) is 0 Å². The molecule has 3 fully saturated rings. The van der Waals surface area contributed by atoms with Crippen molar-refractivity contribution in [1.29, 1.82) is 0 Å². The van der Waals surface area contributed by atoms with E-state index in [0.29, 0.717) is 23.7 Å². The predicted molar refractivity (Wildman–Crippen MR) is 120 cm³/mol. The zero-order chi connectivity index (χ0) is 21.1. The van der Waals surface area contributed by atoms with Crippen LogP contribution in [0.1, 0.15) is 103 Å². The predicted octanol–water partition coefficient (Wildman–Crippen LogP) is 4.83. The molecule has 4 rings (SSSR count). The van der Waals surface area contributed by atoms with Gasteiger partial charge >= 0.3 is 0 Å². The Balaban J connectivity index is 1.36. The first-order valence-corrected chi connectivity index (χ1v) is 12.7. The molecule has 5 heteroatoms. The number of rotatable bonds is 7. The van der Waals surface area contributed by atoms with E-state index in [1.165, 1.54) is 38.5 Å². The summed E-state index contributed by atoms with van der Waals surface area (Å²) in [5.41, 5.74) is 5.33. The number of nitrogens with two attached hydrogens (primary N) is 1. The van der Waals surface area contributed by atoms with Crippen LogP contribution in [-0.4, -0.2) is 34.6 Å². The molecular formula is C25H41N3O2. The number of amides is 2. The summed E-state index contributed by atoms with van der Waals surface area (Å²) in [6.45, 7) is 3.07. The van der Waals surface area contributed by atoms with Gasteiger partial charge in [0.05, 0.1) is 0 Å². The van der Waals surface area contributed by atoms with Crippen molar-refractivity contribution in [1.82, 2.24) is 4.90 Å². The van der Waals surface area contributed by atoms with Crippen molar-refractivity contribution >= 4 is 17.6 Å². The van der Waals surface area contributed by atoms with E-state index in [1.54, 1.807) is 0 Å². The van der Waals surface area contributed by atoms with Gasteiger partial charge in [0.15, 0.2) is 0 Å². The fourth-order valence-corrected chi connectivity index (χ4v) is 6.86. The zero-order valence-electron chi connectivity index (χ0n) is 18.9. The minimum atomic E-state index is -0.406. The maximum atomic E-state index is 13.4. The van der Waals surface area contributed by atoms with Crippen LogP contribution in [0.15, 0.2) is 4.99 Å². The number of carbonyl (C=O) groups excluding carboxylic acids is 2. The molecule has 3 saturated carbocycles. The average molecular weight is 416 g/mol. The molecule has 2 amide bonds. The maximum Gasteiger partial charge on any atom is 0.255 e. The first-order valence-electron chi connectivity index (χ1n) is 12.7. The third-order valence-corrected chi connectivity index (χ3v) is 8.61. The second kappa shape index (κ2) is 9.40. The largest absolute Gasteiger partial charge is 0.369 e. The van der Waals surface area contributed by atoms with Gasteiger partial charge < -0.3 is 5.73 Å². The number of amidine groups is 1. The zero-order valence-corrected chi connectivity index (χ0v) is 18.9. The molecule has 0 radical (unpaired) electrons. The van der Waals surface area contributed by atoms with E-state index in [0.717, 1.165) is 70.2 Å². The molecular weight excluding hydrogens is 374 g/mol.